The molecule has 23 heavy (non-hydrogen) atoms. The summed E-state index contributed by atoms with van der Waals surface area (Å²) in [6, 6.07) is 10.6. The summed E-state index contributed by atoms with van der Waals surface area (Å²) in [5.41, 5.74) is 4.90. The van der Waals surface area contributed by atoms with Crippen LogP contribution in [-0.4, -0.2) is 25.1 Å². The number of aromatic nitrogens is 5. The van der Waals surface area contributed by atoms with Crippen molar-refractivity contribution in [1.29, 1.82) is 0 Å². The minimum atomic E-state index is -0.329. The van der Waals surface area contributed by atoms with Gasteiger partial charge in [0.25, 0.3) is 0 Å². The number of hydrogen-bond acceptors (Lipinski definition) is 4. The maximum Gasteiger partial charge on any atom is 0.144 e. The average Bonchev–Trinajstić information content (AvgIpc) is 3.06. The van der Waals surface area contributed by atoms with Gasteiger partial charge in [0, 0.05) is 11.8 Å². The molecule has 0 amide bonds. The molecule has 4 aromatic rings. The maximum atomic E-state index is 13.4. The molecule has 4 aromatic heterocycles. The Hall–Kier alpha value is -3.15. The van der Waals surface area contributed by atoms with Gasteiger partial charge >= 0.3 is 0 Å². The summed E-state index contributed by atoms with van der Waals surface area (Å²) in [6.45, 7) is 1.63. The van der Waals surface area contributed by atoms with Crippen LogP contribution >= 0.6 is 0 Å². The molecular weight excluding hydrogens is 293 g/mol. The lowest BCUT2D eigenvalue weighted by molar-refractivity contribution is 0.610. The third kappa shape index (κ3) is 2.34. The number of nitrogens with one attached hydrogen (secondary N) is 1. The van der Waals surface area contributed by atoms with Crippen LogP contribution in [0, 0.1) is 12.7 Å². The van der Waals surface area contributed by atoms with E-state index < -0.39 is 0 Å². The van der Waals surface area contributed by atoms with E-state index in [1.54, 1.807) is 25.4 Å². The highest BCUT2D eigenvalue weighted by atomic mass is 19.1. The Balaban J connectivity index is 1.86. The van der Waals surface area contributed by atoms with Crippen LogP contribution in [0.4, 0.5) is 4.39 Å². The third-order valence-electron chi connectivity index (χ3n) is 3.65. The largest absolute Gasteiger partial charge is 0.276 e. The number of aryl methyl sites for hydroxylation is 1. The van der Waals surface area contributed by atoms with Gasteiger partial charge in [0.2, 0.25) is 0 Å². The fraction of sp³-hybridized carbons (Fsp3) is 0.0588. The van der Waals surface area contributed by atoms with Crippen molar-refractivity contribution in [3.8, 4) is 22.6 Å². The van der Waals surface area contributed by atoms with Crippen LogP contribution in [0.1, 0.15) is 5.69 Å². The molecule has 1 N–H and O–H groups in total. The van der Waals surface area contributed by atoms with Crippen LogP contribution in [0.3, 0.4) is 0 Å². The second-order valence-corrected chi connectivity index (χ2v) is 5.16. The summed E-state index contributed by atoms with van der Waals surface area (Å²) in [6.07, 6.45) is 3.43. The molecule has 0 atom stereocenters. The first-order valence-electron chi connectivity index (χ1n) is 7.11. The Labute approximate surface area is 131 Å². The highest BCUT2D eigenvalue weighted by Gasteiger charge is 2.14. The van der Waals surface area contributed by atoms with Gasteiger partial charge in [-0.3, -0.25) is 10.1 Å². The van der Waals surface area contributed by atoms with Crippen molar-refractivity contribution >= 4 is 11.0 Å². The zero-order chi connectivity index (χ0) is 15.8. The minimum absolute atomic E-state index is 0.329. The molecule has 0 unspecified atom stereocenters. The van der Waals surface area contributed by atoms with Crippen LogP contribution in [0.15, 0.2) is 48.8 Å². The summed E-state index contributed by atoms with van der Waals surface area (Å²) in [5.74, 6) is -0.329. The van der Waals surface area contributed by atoms with Gasteiger partial charge in [-0.2, -0.15) is 5.10 Å². The lowest BCUT2D eigenvalue weighted by Gasteiger charge is -2.05. The smallest absolute Gasteiger partial charge is 0.144 e. The highest BCUT2D eigenvalue weighted by molar-refractivity contribution is 5.82. The SMILES string of the molecule is Cc1nc(-c2[nH]ncc2-c2ccc3ncccc3n2)ccc1F. The van der Waals surface area contributed by atoms with Crippen molar-refractivity contribution in [2.45, 2.75) is 6.92 Å². The molecule has 0 aliphatic rings. The predicted molar refractivity (Wildman–Crippen MR) is 85.0 cm³/mol. The number of aromatic amines is 1. The number of pyridine rings is 3. The van der Waals surface area contributed by atoms with E-state index in [1.165, 1.54) is 6.07 Å². The number of fused-ring (bicyclic) bond motifs is 1. The van der Waals surface area contributed by atoms with E-state index in [1.807, 2.05) is 24.3 Å². The van der Waals surface area contributed by atoms with E-state index in [2.05, 4.69) is 25.1 Å². The van der Waals surface area contributed by atoms with Gasteiger partial charge in [-0.05, 0) is 43.3 Å². The van der Waals surface area contributed by atoms with Crippen molar-refractivity contribution in [1.82, 2.24) is 25.1 Å². The monoisotopic (exact) mass is 305 g/mol. The Morgan fingerprint density at radius 3 is 2.70 bits per heavy atom. The molecule has 6 heteroatoms. The lowest BCUT2D eigenvalue weighted by atomic mass is 10.1. The highest BCUT2D eigenvalue weighted by Crippen LogP contribution is 2.29. The zero-order valence-electron chi connectivity index (χ0n) is 12.3. The molecular formula is C17H12FN5. The third-order valence-corrected chi connectivity index (χ3v) is 3.65. The molecule has 0 fully saturated rings. The molecule has 0 saturated heterocycles. The Bertz CT molecular complexity index is 1010. The van der Waals surface area contributed by atoms with Crippen LogP contribution < -0.4 is 0 Å². The predicted octanol–water partition coefficient (Wildman–Crippen LogP) is 3.53. The van der Waals surface area contributed by atoms with Crippen molar-refractivity contribution in [3.05, 3.63) is 60.3 Å². The lowest BCUT2D eigenvalue weighted by Crippen LogP contribution is -1.93. The van der Waals surface area contributed by atoms with E-state index >= 15 is 0 Å². The van der Waals surface area contributed by atoms with Crippen LogP contribution in [0.25, 0.3) is 33.7 Å². The van der Waals surface area contributed by atoms with Gasteiger partial charge in [0.15, 0.2) is 0 Å². The standard InChI is InChI=1S/C17H12FN5/c1-10-12(18)4-5-16(21-10)17-11(9-20-23-17)13-6-7-14-15(22-13)3-2-8-19-14/h2-9H,1H3,(H,20,23). The number of H-pyrrole nitrogens is 1. The second kappa shape index (κ2) is 5.24. The van der Waals surface area contributed by atoms with E-state index in [0.717, 1.165) is 22.3 Å². The minimum Gasteiger partial charge on any atom is -0.276 e. The molecule has 0 aliphatic heterocycles. The Morgan fingerprint density at radius 1 is 0.957 bits per heavy atom. The summed E-state index contributed by atoms with van der Waals surface area (Å²) in [7, 11) is 0. The Morgan fingerprint density at radius 2 is 1.83 bits per heavy atom. The fourth-order valence-electron chi connectivity index (χ4n) is 2.47. The first-order chi connectivity index (χ1) is 11.2. The van der Waals surface area contributed by atoms with Crippen molar-refractivity contribution in [3.63, 3.8) is 0 Å². The quantitative estimate of drug-likeness (QED) is 0.615. The maximum absolute atomic E-state index is 13.4. The molecule has 0 aliphatic carbocycles. The average molecular weight is 305 g/mol. The van der Waals surface area contributed by atoms with Crippen LogP contribution in [-0.2, 0) is 0 Å². The van der Waals surface area contributed by atoms with E-state index in [9.17, 15) is 4.39 Å². The molecule has 0 bridgehead atoms. The molecule has 0 spiro atoms. The molecule has 0 saturated carbocycles. The number of rotatable bonds is 2. The number of hydrogen-bond donors (Lipinski definition) is 1. The van der Waals surface area contributed by atoms with Crippen LogP contribution in [0.2, 0.25) is 0 Å². The molecule has 0 aromatic carbocycles. The van der Waals surface area contributed by atoms with Gasteiger partial charge in [-0.1, -0.05) is 0 Å². The van der Waals surface area contributed by atoms with E-state index in [4.69, 9.17) is 0 Å². The van der Waals surface area contributed by atoms with Gasteiger partial charge < -0.3 is 0 Å². The van der Waals surface area contributed by atoms with Crippen molar-refractivity contribution in [2.24, 2.45) is 0 Å². The zero-order valence-corrected chi connectivity index (χ0v) is 12.3. The molecule has 4 heterocycles. The van der Waals surface area contributed by atoms with E-state index in [-0.39, 0.29) is 5.82 Å². The van der Waals surface area contributed by atoms with Gasteiger partial charge in [0.05, 0.1) is 40.0 Å². The molecule has 112 valence electrons. The first-order valence-corrected chi connectivity index (χ1v) is 7.11. The van der Waals surface area contributed by atoms with Crippen molar-refractivity contribution < 1.29 is 4.39 Å². The van der Waals surface area contributed by atoms with Crippen LogP contribution in [0.5, 0.6) is 0 Å². The van der Waals surface area contributed by atoms with Gasteiger partial charge in [-0.25, -0.2) is 14.4 Å². The normalized spacial score (nSPS) is 11.0. The summed E-state index contributed by atoms with van der Waals surface area (Å²) < 4.78 is 13.4. The fourth-order valence-corrected chi connectivity index (χ4v) is 2.47. The van der Waals surface area contributed by atoms with Crippen molar-refractivity contribution in [2.75, 3.05) is 0 Å². The topological polar surface area (TPSA) is 67.3 Å². The second-order valence-electron chi connectivity index (χ2n) is 5.16. The Kier molecular flexibility index (Phi) is 3.08. The van der Waals surface area contributed by atoms with Gasteiger partial charge in [0.1, 0.15) is 5.82 Å². The van der Waals surface area contributed by atoms with E-state index in [0.29, 0.717) is 17.1 Å². The first kappa shape index (κ1) is 13.5. The van der Waals surface area contributed by atoms with Gasteiger partial charge in [-0.15, -0.1) is 0 Å². The molecule has 0 radical (unpaired) electrons. The molecule has 5 nitrogen and oxygen atoms in total. The number of halogens is 1. The number of nitrogens with zero attached hydrogens (tertiary/aromatic N) is 4. The summed E-state index contributed by atoms with van der Waals surface area (Å²) >= 11 is 0. The summed E-state index contributed by atoms with van der Waals surface area (Å²) in [5, 5.41) is 7.02. The molecule has 4 rings (SSSR count). The summed E-state index contributed by atoms with van der Waals surface area (Å²) in [4.78, 5) is 13.2.